The minimum Gasteiger partial charge on any atom is -0.444 e. The molecule has 2 unspecified atom stereocenters. The first-order valence-electron chi connectivity index (χ1n) is 12.0. The maximum atomic E-state index is 13.8. The molecule has 0 aliphatic rings. The minimum absolute atomic E-state index is 0.194. The summed E-state index contributed by atoms with van der Waals surface area (Å²) in [5.74, 6) is -0.715. The number of unbranched alkanes of at least 4 members (excludes halogenated alkanes) is 1. The van der Waals surface area contributed by atoms with Crippen LogP contribution in [0.4, 0.5) is 4.79 Å². The maximum Gasteiger partial charge on any atom is 0.408 e. The maximum absolute atomic E-state index is 13.8. The number of hydrogen-bond donors (Lipinski definition) is 2. The fourth-order valence-corrected chi connectivity index (χ4v) is 3.76. The molecule has 0 saturated carbocycles. The Balaban J connectivity index is 3.38. The van der Waals surface area contributed by atoms with E-state index < -0.39 is 23.8 Å². The number of hydrogen-bond acceptors (Lipinski definition) is 4. The van der Waals surface area contributed by atoms with Gasteiger partial charge in [0.05, 0.1) is 0 Å². The van der Waals surface area contributed by atoms with Gasteiger partial charge >= 0.3 is 6.09 Å². The van der Waals surface area contributed by atoms with Crippen molar-refractivity contribution in [2.45, 2.75) is 92.8 Å². The summed E-state index contributed by atoms with van der Waals surface area (Å²) in [5.41, 5.74) is 2.02. The van der Waals surface area contributed by atoms with Crippen molar-refractivity contribution in [2.24, 2.45) is 5.92 Å². The van der Waals surface area contributed by atoms with Crippen LogP contribution in [0.1, 0.15) is 84.0 Å². The summed E-state index contributed by atoms with van der Waals surface area (Å²) in [7, 11) is 0. The average Bonchev–Trinajstić information content (AvgIpc) is 2.69. The molecule has 1 aromatic carbocycles. The third-order valence-electron chi connectivity index (χ3n) is 5.43. The fraction of sp³-hybridized carbons (Fsp3) is 0.654. The van der Waals surface area contributed by atoms with E-state index in [1.807, 2.05) is 52.8 Å². The van der Waals surface area contributed by atoms with Gasteiger partial charge in [0.2, 0.25) is 11.8 Å². The van der Waals surface area contributed by atoms with Crippen LogP contribution in [0.25, 0.3) is 0 Å². The van der Waals surface area contributed by atoms with E-state index in [9.17, 15) is 14.4 Å². The van der Waals surface area contributed by atoms with Gasteiger partial charge in [-0.15, -0.1) is 0 Å². The molecule has 0 aliphatic heterocycles. The first kappa shape index (κ1) is 28.5. The molecule has 7 nitrogen and oxygen atoms in total. The molecule has 0 fully saturated rings. The molecular weight excluding hydrogens is 418 g/mol. The number of ether oxygens (including phenoxy) is 1. The van der Waals surface area contributed by atoms with Gasteiger partial charge in [-0.2, -0.15) is 0 Å². The predicted molar refractivity (Wildman–Crippen MR) is 132 cm³/mol. The Morgan fingerprint density at radius 1 is 1.06 bits per heavy atom. The molecule has 3 amide bonds. The normalized spacial score (nSPS) is 13.3. The number of nitrogens with zero attached hydrogens (tertiary/aromatic N) is 1. The number of amides is 3. The van der Waals surface area contributed by atoms with E-state index >= 15 is 0 Å². The topological polar surface area (TPSA) is 87.7 Å². The molecule has 0 heterocycles. The van der Waals surface area contributed by atoms with Crippen molar-refractivity contribution in [3.8, 4) is 0 Å². The monoisotopic (exact) mass is 461 g/mol. The number of rotatable bonds is 10. The van der Waals surface area contributed by atoms with Crippen molar-refractivity contribution < 1.29 is 19.1 Å². The molecule has 0 spiro atoms. The van der Waals surface area contributed by atoms with Crippen LogP contribution in [-0.4, -0.2) is 47.5 Å². The molecule has 2 N–H and O–H groups in total. The summed E-state index contributed by atoms with van der Waals surface area (Å²) < 4.78 is 5.38. The number of benzene rings is 1. The van der Waals surface area contributed by atoms with Crippen molar-refractivity contribution in [1.29, 1.82) is 0 Å². The quantitative estimate of drug-likeness (QED) is 0.496. The Morgan fingerprint density at radius 2 is 1.64 bits per heavy atom. The third-order valence-corrected chi connectivity index (χ3v) is 5.43. The summed E-state index contributed by atoms with van der Waals surface area (Å²) in [6.07, 6.45) is 1.17. The molecular formula is C26H43N3O4. The molecule has 0 radical (unpaired) electrons. The van der Waals surface area contributed by atoms with Crippen LogP contribution in [0.5, 0.6) is 0 Å². The molecule has 7 heteroatoms. The van der Waals surface area contributed by atoms with Crippen molar-refractivity contribution in [1.82, 2.24) is 15.5 Å². The van der Waals surface area contributed by atoms with E-state index in [0.717, 1.165) is 29.5 Å². The van der Waals surface area contributed by atoms with Gasteiger partial charge in [0.25, 0.3) is 0 Å². The second-order valence-corrected chi connectivity index (χ2v) is 9.84. The van der Waals surface area contributed by atoms with Crippen LogP contribution >= 0.6 is 0 Å². The van der Waals surface area contributed by atoms with Gasteiger partial charge in [0.15, 0.2) is 0 Å². The van der Waals surface area contributed by atoms with E-state index in [4.69, 9.17) is 4.74 Å². The predicted octanol–water partition coefficient (Wildman–Crippen LogP) is 4.66. The van der Waals surface area contributed by atoms with E-state index in [0.29, 0.717) is 13.1 Å². The smallest absolute Gasteiger partial charge is 0.408 e. The lowest BCUT2D eigenvalue weighted by Gasteiger charge is -2.36. The highest BCUT2D eigenvalue weighted by Crippen LogP contribution is 2.29. The molecule has 0 aliphatic carbocycles. The molecule has 1 rings (SSSR count). The Labute approximate surface area is 199 Å². The van der Waals surface area contributed by atoms with Crippen LogP contribution in [0, 0.1) is 19.8 Å². The van der Waals surface area contributed by atoms with E-state index in [1.54, 1.807) is 25.7 Å². The Kier molecular flexibility index (Phi) is 10.9. The molecule has 0 aromatic heterocycles. The second kappa shape index (κ2) is 12.6. The lowest BCUT2D eigenvalue weighted by molar-refractivity contribution is -0.143. The van der Waals surface area contributed by atoms with E-state index in [2.05, 4.69) is 17.6 Å². The van der Waals surface area contributed by atoms with Crippen LogP contribution in [-0.2, 0) is 14.3 Å². The van der Waals surface area contributed by atoms with Crippen molar-refractivity contribution in [2.75, 3.05) is 13.1 Å². The van der Waals surface area contributed by atoms with Crippen molar-refractivity contribution >= 4 is 17.9 Å². The first-order valence-corrected chi connectivity index (χ1v) is 12.0. The highest BCUT2D eigenvalue weighted by molar-refractivity contribution is 5.92. The van der Waals surface area contributed by atoms with E-state index in [-0.39, 0.29) is 17.7 Å². The first-order chi connectivity index (χ1) is 15.3. The highest BCUT2D eigenvalue weighted by Gasteiger charge is 2.37. The zero-order valence-electron chi connectivity index (χ0n) is 21.9. The second-order valence-electron chi connectivity index (χ2n) is 9.84. The molecule has 2 atom stereocenters. The van der Waals surface area contributed by atoms with Gasteiger partial charge in [-0.05, 0) is 70.6 Å². The summed E-state index contributed by atoms with van der Waals surface area (Å²) in [4.78, 5) is 41.2. The summed E-state index contributed by atoms with van der Waals surface area (Å²) >= 11 is 0. The molecule has 0 bridgehead atoms. The SMILES string of the molecule is CCCCNC(=O)C(c1c(C)cccc1C)N(CC)C(=O)C(NC(=O)OC(C)(C)C)C(C)C. The van der Waals surface area contributed by atoms with Crippen LogP contribution in [0.3, 0.4) is 0 Å². The standard InChI is InChI=1S/C26H43N3O4/c1-10-12-16-27-23(30)22(20-18(5)14-13-15-19(20)6)29(11-2)24(31)21(17(3)4)28-25(32)33-26(7,8)9/h13-15,17,21-22H,10-12,16H2,1-9H3,(H,27,30)(H,28,32). The lowest BCUT2D eigenvalue weighted by atomic mass is 9.93. The number of carbonyl (C=O) groups is 3. The largest absolute Gasteiger partial charge is 0.444 e. The van der Waals surface area contributed by atoms with Gasteiger partial charge in [-0.1, -0.05) is 45.4 Å². The van der Waals surface area contributed by atoms with Crippen LogP contribution < -0.4 is 10.6 Å². The van der Waals surface area contributed by atoms with Crippen molar-refractivity contribution in [3.63, 3.8) is 0 Å². The molecule has 0 saturated heterocycles. The van der Waals surface area contributed by atoms with E-state index in [1.165, 1.54) is 0 Å². The summed E-state index contributed by atoms with van der Waals surface area (Å²) in [6, 6.07) is 4.23. The Hall–Kier alpha value is -2.57. The third kappa shape index (κ3) is 8.37. The van der Waals surface area contributed by atoms with Crippen LogP contribution in [0.15, 0.2) is 18.2 Å². The zero-order valence-corrected chi connectivity index (χ0v) is 21.9. The summed E-state index contributed by atoms with van der Waals surface area (Å²) in [6.45, 7) is 17.7. The zero-order chi connectivity index (χ0) is 25.3. The van der Waals surface area contributed by atoms with Gasteiger partial charge in [-0.3, -0.25) is 9.59 Å². The fourth-order valence-electron chi connectivity index (χ4n) is 3.76. The molecule has 33 heavy (non-hydrogen) atoms. The molecule has 1 aromatic rings. The highest BCUT2D eigenvalue weighted by atomic mass is 16.6. The van der Waals surface area contributed by atoms with Crippen LogP contribution in [0.2, 0.25) is 0 Å². The van der Waals surface area contributed by atoms with Gasteiger partial charge in [0, 0.05) is 13.1 Å². The average molecular weight is 462 g/mol. The number of carbonyl (C=O) groups excluding carboxylic acids is 3. The number of alkyl carbamates (subject to hydrolysis) is 1. The number of likely N-dealkylation sites (N-methyl/N-ethyl adjacent to an activating group) is 1. The summed E-state index contributed by atoms with van der Waals surface area (Å²) in [5, 5.41) is 5.73. The Bertz CT molecular complexity index is 794. The van der Waals surface area contributed by atoms with Gasteiger partial charge < -0.3 is 20.3 Å². The number of aryl methyl sites for hydroxylation is 2. The van der Waals surface area contributed by atoms with Gasteiger partial charge in [0.1, 0.15) is 17.7 Å². The Morgan fingerprint density at radius 3 is 2.09 bits per heavy atom. The van der Waals surface area contributed by atoms with Gasteiger partial charge in [-0.25, -0.2) is 4.79 Å². The molecule has 186 valence electrons. The number of nitrogens with one attached hydrogen (secondary N) is 2. The lowest BCUT2D eigenvalue weighted by Crippen LogP contribution is -2.55. The minimum atomic E-state index is -0.824. The van der Waals surface area contributed by atoms with Crippen molar-refractivity contribution in [3.05, 3.63) is 34.9 Å².